The second-order valence-corrected chi connectivity index (χ2v) is 7.08. The molecule has 0 unspecified atom stereocenters. The smallest absolute Gasteiger partial charge is 0.262 e. The molecule has 0 aliphatic carbocycles. The van der Waals surface area contributed by atoms with Gasteiger partial charge in [0.25, 0.3) is 10.0 Å². The van der Waals surface area contributed by atoms with E-state index < -0.39 is 10.0 Å². The summed E-state index contributed by atoms with van der Waals surface area (Å²) in [6.07, 6.45) is 0. The molecule has 2 aromatic rings. The fourth-order valence-electron chi connectivity index (χ4n) is 2.27. The molecule has 0 amide bonds. The Bertz CT molecular complexity index is 778. The Kier molecular flexibility index (Phi) is 4.16. The zero-order valence-electron chi connectivity index (χ0n) is 12.1. The lowest BCUT2D eigenvalue weighted by atomic mass is 10.1. The lowest BCUT2D eigenvalue weighted by Crippen LogP contribution is -2.16. The van der Waals surface area contributed by atoms with E-state index in [0.29, 0.717) is 27.5 Å². The van der Waals surface area contributed by atoms with Gasteiger partial charge >= 0.3 is 0 Å². The van der Waals surface area contributed by atoms with Crippen molar-refractivity contribution in [3.63, 3.8) is 0 Å². The Balaban J connectivity index is 2.46. The number of rotatable bonds is 3. The third-order valence-electron chi connectivity index (χ3n) is 3.18. The van der Waals surface area contributed by atoms with E-state index in [-0.39, 0.29) is 4.90 Å². The Morgan fingerprint density at radius 1 is 1.00 bits per heavy atom. The summed E-state index contributed by atoms with van der Waals surface area (Å²) in [6.45, 7) is 5.30. The van der Waals surface area contributed by atoms with Gasteiger partial charge in [0.2, 0.25) is 0 Å². The largest absolute Gasteiger partial charge is 0.399 e. The van der Waals surface area contributed by atoms with E-state index >= 15 is 0 Å². The maximum atomic E-state index is 12.6. The van der Waals surface area contributed by atoms with E-state index in [4.69, 9.17) is 17.3 Å². The summed E-state index contributed by atoms with van der Waals surface area (Å²) >= 11 is 6.02. The van der Waals surface area contributed by atoms with Crippen LogP contribution >= 0.6 is 11.6 Å². The summed E-state index contributed by atoms with van der Waals surface area (Å²) in [4.78, 5) is 0.244. The van der Waals surface area contributed by atoms with Gasteiger partial charge in [-0.2, -0.15) is 0 Å². The van der Waals surface area contributed by atoms with Crippen LogP contribution in [0.4, 0.5) is 11.4 Å². The van der Waals surface area contributed by atoms with E-state index in [1.165, 1.54) is 0 Å². The predicted molar refractivity (Wildman–Crippen MR) is 87.3 cm³/mol. The molecule has 0 aliphatic heterocycles. The summed E-state index contributed by atoms with van der Waals surface area (Å²) in [5, 5.41) is 0.515. The van der Waals surface area contributed by atoms with Crippen LogP contribution in [0.15, 0.2) is 35.2 Å². The fraction of sp³-hybridized carbons (Fsp3) is 0.200. The summed E-state index contributed by atoms with van der Waals surface area (Å²) in [6, 6.07) is 8.33. The number of nitrogens with one attached hydrogen (secondary N) is 1. The number of benzene rings is 2. The molecule has 21 heavy (non-hydrogen) atoms. The van der Waals surface area contributed by atoms with Gasteiger partial charge in [0.05, 0.1) is 10.6 Å². The second-order valence-electron chi connectivity index (χ2n) is 5.05. The van der Waals surface area contributed by atoms with Crippen LogP contribution in [0.5, 0.6) is 0 Å². The molecule has 0 aromatic heterocycles. The van der Waals surface area contributed by atoms with Crippen LogP contribution in [0.1, 0.15) is 16.7 Å². The molecule has 0 fully saturated rings. The van der Waals surface area contributed by atoms with Gasteiger partial charge in [0.1, 0.15) is 0 Å². The van der Waals surface area contributed by atoms with Crippen molar-refractivity contribution in [2.45, 2.75) is 25.7 Å². The van der Waals surface area contributed by atoms with Crippen molar-refractivity contribution in [2.75, 3.05) is 10.5 Å². The fourth-order valence-corrected chi connectivity index (χ4v) is 3.96. The Morgan fingerprint density at radius 2 is 1.57 bits per heavy atom. The summed E-state index contributed by atoms with van der Waals surface area (Å²) in [5.74, 6) is 0. The van der Waals surface area contributed by atoms with Crippen molar-refractivity contribution in [2.24, 2.45) is 0 Å². The molecule has 0 saturated heterocycles. The van der Waals surface area contributed by atoms with Gasteiger partial charge < -0.3 is 5.73 Å². The van der Waals surface area contributed by atoms with Crippen molar-refractivity contribution in [3.8, 4) is 0 Å². The van der Waals surface area contributed by atoms with Gasteiger partial charge in [0.15, 0.2) is 0 Å². The van der Waals surface area contributed by atoms with E-state index in [0.717, 1.165) is 5.56 Å². The lowest BCUT2D eigenvalue weighted by molar-refractivity contribution is 0.600. The number of nitrogens with two attached hydrogens (primary N) is 1. The average Bonchev–Trinajstić information content (AvgIpc) is 2.31. The molecule has 2 aromatic carbocycles. The molecule has 0 aliphatic rings. The zero-order chi connectivity index (χ0) is 15.8. The highest BCUT2D eigenvalue weighted by atomic mass is 35.5. The summed E-state index contributed by atoms with van der Waals surface area (Å²) in [5.41, 5.74) is 8.81. The van der Waals surface area contributed by atoms with Crippen LogP contribution in [0, 0.1) is 20.8 Å². The minimum atomic E-state index is -3.69. The van der Waals surface area contributed by atoms with Gasteiger partial charge in [-0.1, -0.05) is 17.7 Å². The van der Waals surface area contributed by atoms with Crippen LogP contribution in [0.25, 0.3) is 0 Å². The Morgan fingerprint density at radius 3 is 2.10 bits per heavy atom. The number of hydrogen-bond donors (Lipinski definition) is 2. The van der Waals surface area contributed by atoms with E-state index in [1.54, 1.807) is 44.2 Å². The standard InChI is InChI=1S/C15H17ClN2O2S/c1-9-4-5-13(8-14(9)16)18-21(19,20)15-10(2)6-12(17)7-11(15)3/h4-8,18H,17H2,1-3H3. The number of sulfonamides is 1. The van der Waals surface area contributed by atoms with Crippen molar-refractivity contribution >= 4 is 33.0 Å². The molecular formula is C15H17ClN2O2S. The van der Waals surface area contributed by atoms with Gasteiger partial charge in [-0.25, -0.2) is 8.42 Å². The van der Waals surface area contributed by atoms with Crippen molar-refractivity contribution in [1.82, 2.24) is 0 Å². The van der Waals surface area contributed by atoms with Gasteiger partial charge in [-0.15, -0.1) is 0 Å². The molecule has 0 atom stereocenters. The first-order valence-electron chi connectivity index (χ1n) is 6.36. The van der Waals surface area contributed by atoms with Crippen LogP contribution < -0.4 is 10.5 Å². The van der Waals surface area contributed by atoms with Crippen molar-refractivity contribution in [3.05, 3.63) is 52.0 Å². The molecule has 4 nitrogen and oxygen atoms in total. The average molecular weight is 325 g/mol. The Hall–Kier alpha value is -1.72. The second kappa shape index (κ2) is 5.58. The SMILES string of the molecule is Cc1ccc(NS(=O)(=O)c2c(C)cc(N)cc2C)cc1Cl. The summed E-state index contributed by atoms with van der Waals surface area (Å²) < 4.78 is 27.7. The van der Waals surface area contributed by atoms with Crippen molar-refractivity contribution in [1.29, 1.82) is 0 Å². The van der Waals surface area contributed by atoms with Gasteiger partial charge in [-0.3, -0.25) is 4.72 Å². The zero-order valence-corrected chi connectivity index (χ0v) is 13.6. The van der Waals surface area contributed by atoms with Gasteiger partial charge in [-0.05, 0) is 61.7 Å². The Labute approximate surface area is 130 Å². The number of aryl methyl sites for hydroxylation is 3. The first-order chi connectivity index (χ1) is 9.70. The first kappa shape index (κ1) is 15.7. The molecule has 6 heteroatoms. The number of anilines is 2. The molecule has 112 valence electrons. The predicted octanol–water partition coefficient (Wildman–Crippen LogP) is 3.65. The highest BCUT2D eigenvalue weighted by Gasteiger charge is 2.20. The third-order valence-corrected chi connectivity index (χ3v) is 5.27. The number of nitrogen functional groups attached to an aromatic ring is 1. The van der Waals surface area contributed by atoms with Crippen LogP contribution in [0.2, 0.25) is 5.02 Å². The van der Waals surface area contributed by atoms with Crippen LogP contribution in [0.3, 0.4) is 0 Å². The van der Waals surface area contributed by atoms with E-state index in [1.807, 2.05) is 6.92 Å². The summed E-state index contributed by atoms with van der Waals surface area (Å²) in [7, 11) is -3.69. The molecule has 0 radical (unpaired) electrons. The van der Waals surface area contributed by atoms with Crippen molar-refractivity contribution < 1.29 is 8.42 Å². The number of halogens is 1. The highest BCUT2D eigenvalue weighted by Crippen LogP contribution is 2.27. The molecule has 0 heterocycles. The molecule has 3 N–H and O–H groups in total. The van der Waals surface area contributed by atoms with Gasteiger partial charge in [0, 0.05) is 10.7 Å². The highest BCUT2D eigenvalue weighted by molar-refractivity contribution is 7.92. The maximum absolute atomic E-state index is 12.6. The first-order valence-corrected chi connectivity index (χ1v) is 8.22. The van der Waals surface area contributed by atoms with Crippen LogP contribution in [-0.4, -0.2) is 8.42 Å². The molecule has 0 saturated carbocycles. The lowest BCUT2D eigenvalue weighted by Gasteiger charge is -2.14. The molecule has 2 rings (SSSR count). The topological polar surface area (TPSA) is 72.2 Å². The quantitative estimate of drug-likeness (QED) is 0.846. The third kappa shape index (κ3) is 3.31. The monoisotopic (exact) mass is 324 g/mol. The maximum Gasteiger partial charge on any atom is 0.262 e. The minimum Gasteiger partial charge on any atom is -0.399 e. The minimum absolute atomic E-state index is 0.244. The molecule has 0 spiro atoms. The van der Waals surface area contributed by atoms with E-state index in [9.17, 15) is 8.42 Å². The van der Waals surface area contributed by atoms with Crippen LogP contribution in [-0.2, 0) is 10.0 Å². The van der Waals surface area contributed by atoms with E-state index in [2.05, 4.69) is 4.72 Å². The molecule has 0 bridgehead atoms. The number of hydrogen-bond acceptors (Lipinski definition) is 3. The normalized spacial score (nSPS) is 11.4. The molecular weight excluding hydrogens is 308 g/mol.